The van der Waals surface area contributed by atoms with Gasteiger partial charge in [-0.15, -0.1) is 0 Å². The smallest absolute Gasteiger partial charge is 0.243 e. The lowest BCUT2D eigenvalue weighted by molar-refractivity contribution is -0.114. The zero-order valence-electron chi connectivity index (χ0n) is 16.8. The summed E-state index contributed by atoms with van der Waals surface area (Å²) in [7, 11) is -4.38. The van der Waals surface area contributed by atoms with Crippen molar-refractivity contribution in [3.05, 3.63) is 48.0 Å². The molecule has 10 heteroatoms. The number of nitrogens with one attached hydrogen (secondary N) is 1. The maximum absolute atomic E-state index is 13.1. The van der Waals surface area contributed by atoms with Crippen LogP contribution < -0.4 is 10.1 Å². The molecule has 0 aliphatic heterocycles. The molecular weight excluding hydrogens is 416 g/mol. The van der Waals surface area contributed by atoms with Crippen LogP contribution in [0.1, 0.15) is 25.5 Å². The van der Waals surface area contributed by atoms with Crippen LogP contribution in [-0.4, -0.2) is 47.5 Å². The van der Waals surface area contributed by atoms with Crippen LogP contribution in [-0.2, 0) is 24.7 Å². The van der Waals surface area contributed by atoms with E-state index in [1.165, 1.54) is 55.7 Å². The monoisotopic (exact) mass is 440 g/mol. The Hall–Kier alpha value is -2.43. The van der Waals surface area contributed by atoms with Gasteiger partial charge in [0, 0.05) is 26.3 Å². The number of rotatable bonds is 7. The summed E-state index contributed by atoms with van der Waals surface area (Å²) in [6, 6.07) is 9.72. The van der Waals surface area contributed by atoms with Crippen LogP contribution in [0.15, 0.2) is 52.3 Å². The number of amides is 1. The molecule has 29 heavy (non-hydrogen) atoms. The number of sulfone groups is 1. The molecule has 0 spiro atoms. The fourth-order valence-corrected chi connectivity index (χ4v) is 4.72. The summed E-state index contributed by atoms with van der Waals surface area (Å²) < 4.78 is 55.7. The Morgan fingerprint density at radius 1 is 1.03 bits per heavy atom. The maximum Gasteiger partial charge on any atom is 0.243 e. The average Bonchev–Trinajstić information content (AvgIpc) is 2.65. The molecule has 0 fully saturated rings. The first kappa shape index (κ1) is 22.9. The first-order valence-corrected chi connectivity index (χ1v) is 11.9. The zero-order chi connectivity index (χ0) is 22.0. The van der Waals surface area contributed by atoms with Crippen LogP contribution in [0.3, 0.4) is 0 Å². The van der Waals surface area contributed by atoms with Gasteiger partial charge in [-0.05, 0) is 42.8 Å². The van der Waals surface area contributed by atoms with E-state index in [1.54, 1.807) is 19.1 Å². The van der Waals surface area contributed by atoms with Crippen molar-refractivity contribution in [2.45, 2.75) is 29.7 Å². The van der Waals surface area contributed by atoms with Crippen molar-refractivity contribution in [2.24, 2.45) is 0 Å². The Labute approximate surface area is 171 Å². The van der Waals surface area contributed by atoms with E-state index >= 15 is 0 Å². The quantitative estimate of drug-likeness (QED) is 0.708. The molecule has 0 radical (unpaired) electrons. The van der Waals surface area contributed by atoms with E-state index in [0.29, 0.717) is 11.3 Å². The van der Waals surface area contributed by atoms with Gasteiger partial charge < -0.3 is 10.1 Å². The molecule has 0 saturated heterocycles. The van der Waals surface area contributed by atoms with E-state index in [0.717, 1.165) is 6.26 Å². The van der Waals surface area contributed by atoms with Crippen molar-refractivity contribution in [1.29, 1.82) is 0 Å². The highest BCUT2D eigenvalue weighted by Gasteiger charge is 2.27. The Kier molecular flexibility index (Phi) is 6.71. The summed E-state index contributed by atoms with van der Waals surface area (Å²) in [5, 5.41) is 2.55. The second kappa shape index (κ2) is 8.52. The zero-order valence-corrected chi connectivity index (χ0v) is 18.5. The lowest BCUT2D eigenvalue weighted by atomic mass is 10.1. The second-order valence-electron chi connectivity index (χ2n) is 6.58. The van der Waals surface area contributed by atoms with Crippen molar-refractivity contribution in [1.82, 2.24) is 4.31 Å². The van der Waals surface area contributed by atoms with Gasteiger partial charge >= 0.3 is 0 Å². The van der Waals surface area contributed by atoms with Gasteiger partial charge in [0.25, 0.3) is 0 Å². The molecule has 8 nitrogen and oxygen atoms in total. The summed E-state index contributed by atoms with van der Waals surface area (Å²) in [6.45, 7) is 3.01. The van der Waals surface area contributed by atoms with E-state index in [1.807, 2.05) is 0 Å². The van der Waals surface area contributed by atoms with Crippen molar-refractivity contribution in [3.63, 3.8) is 0 Å². The first-order valence-electron chi connectivity index (χ1n) is 8.61. The largest absolute Gasteiger partial charge is 0.495 e. The molecule has 2 rings (SSSR count). The number of hydrogen-bond acceptors (Lipinski definition) is 6. The second-order valence-corrected chi connectivity index (χ2v) is 10.6. The maximum atomic E-state index is 13.1. The minimum absolute atomic E-state index is 0.0100. The summed E-state index contributed by atoms with van der Waals surface area (Å²) in [4.78, 5) is 11.5. The normalized spacial score (nSPS) is 13.2. The molecule has 158 valence electrons. The van der Waals surface area contributed by atoms with Gasteiger partial charge in [-0.3, -0.25) is 4.79 Å². The fourth-order valence-electron chi connectivity index (χ4n) is 2.71. The third-order valence-corrected chi connectivity index (χ3v) is 7.55. The van der Waals surface area contributed by atoms with Crippen molar-refractivity contribution in [2.75, 3.05) is 25.7 Å². The van der Waals surface area contributed by atoms with Gasteiger partial charge in [-0.1, -0.05) is 12.1 Å². The average molecular weight is 441 g/mol. The fraction of sp³-hybridized carbons (Fsp3) is 0.316. The van der Waals surface area contributed by atoms with Gasteiger partial charge in [-0.2, -0.15) is 4.31 Å². The van der Waals surface area contributed by atoms with E-state index in [2.05, 4.69) is 5.32 Å². The lowest BCUT2D eigenvalue weighted by Gasteiger charge is -2.25. The topological polar surface area (TPSA) is 110 Å². The summed E-state index contributed by atoms with van der Waals surface area (Å²) in [5.74, 6) is -0.0169. The van der Waals surface area contributed by atoms with Crippen LogP contribution in [0.25, 0.3) is 0 Å². The summed E-state index contributed by atoms with van der Waals surface area (Å²) >= 11 is 0. The molecule has 0 aliphatic carbocycles. The highest BCUT2D eigenvalue weighted by molar-refractivity contribution is 7.90. The Morgan fingerprint density at radius 2 is 1.59 bits per heavy atom. The summed E-state index contributed by atoms with van der Waals surface area (Å²) in [5.41, 5.74) is 0.888. The van der Waals surface area contributed by atoms with Gasteiger partial charge in [0.2, 0.25) is 15.9 Å². The van der Waals surface area contributed by atoms with Crippen LogP contribution in [0, 0.1) is 0 Å². The first-order chi connectivity index (χ1) is 13.4. The standard InChI is InChI=1S/C19H24N2O6S2/c1-13(15-6-8-16(9-7-15)28(5,23)24)21(3)29(25,26)17-10-11-19(27-4)18(12-17)20-14(2)22/h6-13H,1-5H3,(H,20,22)/t13-/m1/s1. The molecule has 1 N–H and O–H groups in total. The predicted octanol–water partition coefficient (Wildman–Crippen LogP) is 2.44. The van der Waals surface area contributed by atoms with Crippen LogP contribution in [0.5, 0.6) is 5.75 Å². The van der Waals surface area contributed by atoms with E-state index in [9.17, 15) is 21.6 Å². The minimum Gasteiger partial charge on any atom is -0.495 e. The van der Waals surface area contributed by atoms with Crippen molar-refractivity contribution in [3.8, 4) is 5.75 Å². The number of nitrogens with zero attached hydrogens (tertiary/aromatic N) is 1. The highest BCUT2D eigenvalue weighted by Crippen LogP contribution is 2.31. The SMILES string of the molecule is COc1ccc(S(=O)(=O)N(C)[C@H](C)c2ccc(S(C)(=O)=O)cc2)cc1NC(C)=O. The molecule has 2 aromatic carbocycles. The molecule has 2 aromatic rings. The Bertz CT molecular complexity index is 1110. The van der Waals surface area contributed by atoms with E-state index < -0.39 is 25.9 Å². The molecule has 1 amide bonds. The number of sulfonamides is 1. The minimum atomic E-state index is -3.90. The Morgan fingerprint density at radius 3 is 2.07 bits per heavy atom. The van der Waals surface area contributed by atoms with Crippen LogP contribution in [0.4, 0.5) is 5.69 Å². The molecule has 1 atom stereocenters. The third kappa shape index (κ3) is 5.14. The Balaban J connectivity index is 2.38. The number of hydrogen-bond donors (Lipinski definition) is 1. The number of carbonyl (C=O) groups is 1. The molecule has 0 aromatic heterocycles. The van der Waals surface area contributed by atoms with Gasteiger partial charge in [0.15, 0.2) is 9.84 Å². The lowest BCUT2D eigenvalue weighted by Crippen LogP contribution is -2.30. The number of anilines is 1. The van der Waals surface area contributed by atoms with E-state index in [-0.39, 0.29) is 21.4 Å². The molecule has 0 unspecified atom stereocenters. The van der Waals surface area contributed by atoms with Crippen molar-refractivity contribution < 1.29 is 26.4 Å². The summed E-state index contributed by atoms with van der Waals surface area (Å²) in [6.07, 6.45) is 1.11. The van der Waals surface area contributed by atoms with E-state index in [4.69, 9.17) is 4.74 Å². The predicted molar refractivity (Wildman–Crippen MR) is 110 cm³/mol. The molecule has 0 bridgehead atoms. The molecule has 0 heterocycles. The van der Waals surface area contributed by atoms with Gasteiger partial charge in [0.05, 0.1) is 22.6 Å². The number of methoxy groups -OCH3 is 1. The van der Waals surface area contributed by atoms with Gasteiger partial charge in [-0.25, -0.2) is 16.8 Å². The number of carbonyl (C=O) groups excluding carboxylic acids is 1. The molecule has 0 aliphatic rings. The van der Waals surface area contributed by atoms with Crippen molar-refractivity contribution >= 4 is 31.5 Å². The number of benzene rings is 2. The molecular formula is C19H24N2O6S2. The third-order valence-electron chi connectivity index (χ3n) is 4.49. The van der Waals surface area contributed by atoms with Crippen LogP contribution in [0.2, 0.25) is 0 Å². The number of ether oxygens (including phenoxy) is 1. The van der Waals surface area contributed by atoms with Crippen LogP contribution >= 0.6 is 0 Å². The van der Waals surface area contributed by atoms with Gasteiger partial charge in [0.1, 0.15) is 5.75 Å². The molecule has 0 saturated carbocycles. The highest BCUT2D eigenvalue weighted by atomic mass is 32.2.